The van der Waals surface area contributed by atoms with Gasteiger partial charge in [-0.2, -0.15) is 0 Å². The van der Waals surface area contributed by atoms with Crippen molar-refractivity contribution in [3.8, 4) is 11.1 Å². The van der Waals surface area contributed by atoms with Gasteiger partial charge in [-0.15, -0.1) is 0 Å². The summed E-state index contributed by atoms with van der Waals surface area (Å²) in [7, 11) is 0. The van der Waals surface area contributed by atoms with Crippen LogP contribution in [0.3, 0.4) is 0 Å². The van der Waals surface area contributed by atoms with Crippen molar-refractivity contribution in [1.29, 1.82) is 0 Å². The maximum absolute atomic E-state index is 12.9. The molecular formula is C27H32N2O6. The van der Waals surface area contributed by atoms with E-state index in [1.807, 2.05) is 24.3 Å². The monoisotopic (exact) mass is 480 g/mol. The van der Waals surface area contributed by atoms with Crippen LogP contribution in [0.25, 0.3) is 11.1 Å². The van der Waals surface area contributed by atoms with Crippen LogP contribution >= 0.6 is 0 Å². The highest BCUT2D eigenvalue weighted by molar-refractivity contribution is 5.79. The normalized spacial score (nSPS) is 17.1. The van der Waals surface area contributed by atoms with Gasteiger partial charge in [-0.25, -0.2) is 15.1 Å². The average Bonchev–Trinajstić information content (AvgIpc) is 3.19. The zero-order chi connectivity index (χ0) is 24.8. The van der Waals surface area contributed by atoms with E-state index in [9.17, 15) is 14.4 Å². The molecule has 35 heavy (non-hydrogen) atoms. The molecule has 1 atom stereocenters. The summed E-state index contributed by atoms with van der Waals surface area (Å²) in [6.07, 6.45) is 3.43. The number of hydrogen-bond acceptors (Lipinski definition) is 5. The van der Waals surface area contributed by atoms with Gasteiger partial charge in [0.15, 0.2) is 6.10 Å². The Labute approximate surface area is 205 Å². The van der Waals surface area contributed by atoms with E-state index in [4.69, 9.17) is 14.7 Å². The van der Waals surface area contributed by atoms with Gasteiger partial charge in [-0.1, -0.05) is 67.8 Å². The number of hydroxylamine groups is 1. The third kappa shape index (κ3) is 5.82. The van der Waals surface area contributed by atoms with Gasteiger partial charge in [0, 0.05) is 17.9 Å². The Bertz CT molecular complexity index is 1030. The molecule has 0 radical (unpaired) electrons. The van der Waals surface area contributed by atoms with E-state index in [2.05, 4.69) is 35.1 Å². The quantitative estimate of drug-likeness (QED) is 0.455. The van der Waals surface area contributed by atoms with Crippen LogP contribution in [0.2, 0.25) is 0 Å². The van der Waals surface area contributed by atoms with Gasteiger partial charge in [0.05, 0.1) is 0 Å². The van der Waals surface area contributed by atoms with Crippen molar-refractivity contribution in [2.75, 3.05) is 6.61 Å². The highest BCUT2D eigenvalue weighted by atomic mass is 16.7. The fourth-order valence-electron chi connectivity index (χ4n) is 5.13. The molecule has 0 heterocycles. The summed E-state index contributed by atoms with van der Waals surface area (Å²) < 4.78 is 5.74. The number of hydrogen-bond donors (Lipinski definition) is 3. The van der Waals surface area contributed by atoms with Gasteiger partial charge in [0.2, 0.25) is 5.91 Å². The van der Waals surface area contributed by atoms with Gasteiger partial charge >= 0.3 is 12.1 Å². The van der Waals surface area contributed by atoms with Crippen LogP contribution in [-0.2, 0) is 19.2 Å². The molecule has 8 heteroatoms. The number of aliphatic carboxylic acids is 1. The minimum absolute atomic E-state index is 0.0189. The highest BCUT2D eigenvalue weighted by Crippen LogP contribution is 2.44. The van der Waals surface area contributed by atoms with Crippen LogP contribution in [0.5, 0.6) is 0 Å². The summed E-state index contributed by atoms with van der Waals surface area (Å²) in [6.45, 7) is 1.57. The van der Waals surface area contributed by atoms with Crippen LogP contribution in [0, 0.1) is 0 Å². The predicted molar refractivity (Wildman–Crippen MR) is 130 cm³/mol. The van der Waals surface area contributed by atoms with Crippen molar-refractivity contribution >= 4 is 18.0 Å². The molecule has 2 aliphatic rings. The fourth-order valence-corrected chi connectivity index (χ4v) is 5.13. The van der Waals surface area contributed by atoms with Crippen molar-refractivity contribution in [2.24, 2.45) is 0 Å². The number of carbonyl (C=O) groups is 3. The molecule has 2 aliphatic carbocycles. The first kappa shape index (κ1) is 24.7. The largest absolute Gasteiger partial charge is 0.479 e. The molecule has 1 unspecified atom stereocenters. The zero-order valence-corrected chi connectivity index (χ0v) is 19.9. The number of carbonyl (C=O) groups excluding carboxylic acids is 2. The van der Waals surface area contributed by atoms with Crippen molar-refractivity contribution in [1.82, 2.24) is 10.8 Å². The van der Waals surface area contributed by atoms with Crippen LogP contribution < -0.4 is 10.8 Å². The predicted octanol–water partition coefficient (Wildman–Crippen LogP) is 4.53. The second-order valence-corrected chi connectivity index (χ2v) is 9.42. The fraction of sp³-hybridized carbons (Fsp3) is 0.444. The summed E-state index contributed by atoms with van der Waals surface area (Å²) in [5, 5.41) is 11.9. The summed E-state index contributed by atoms with van der Waals surface area (Å²) in [5.74, 6) is -1.60. The van der Waals surface area contributed by atoms with Crippen molar-refractivity contribution < 1.29 is 29.1 Å². The van der Waals surface area contributed by atoms with E-state index in [-0.39, 0.29) is 18.9 Å². The second kappa shape index (κ2) is 10.9. The van der Waals surface area contributed by atoms with E-state index in [1.54, 1.807) is 0 Å². The minimum Gasteiger partial charge on any atom is -0.479 e. The van der Waals surface area contributed by atoms with Gasteiger partial charge in [-0.3, -0.25) is 9.63 Å². The Hall–Kier alpha value is -3.39. The Balaban J connectivity index is 1.35. The SMILES string of the molecule is CC(ONC(=O)CCC1(NC(=O)OCC2c3ccccc3-c3ccccc32)CCCCC1)C(=O)O. The summed E-state index contributed by atoms with van der Waals surface area (Å²) >= 11 is 0. The molecule has 2 aromatic rings. The number of nitrogens with one attached hydrogen (secondary N) is 2. The van der Waals surface area contributed by atoms with Crippen molar-refractivity contribution in [2.45, 2.75) is 69.4 Å². The van der Waals surface area contributed by atoms with Crippen LogP contribution in [0.1, 0.15) is 68.9 Å². The molecule has 0 aromatic heterocycles. The number of fused-ring (bicyclic) bond motifs is 3. The van der Waals surface area contributed by atoms with Crippen LogP contribution in [0.15, 0.2) is 48.5 Å². The molecule has 2 aromatic carbocycles. The lowest BCUT2D eigenvalue weighted by Crippen LogP contribution is -2.50. The number of rotatable bonds is 9. The molecule has 0 bridgehead atoms. The lowest BCUT2D eigenvalue weighted by molar-refractivity contribution is -0.158. The molecule has 186 valence electrons. The number of ether oxygens (including phenoxy) is 1. The first-order chi connectivity index (χ1) is 16.9. The Morgan fingerprint density at radius 2 is 1.60 bits per heavy atom. The highest BCUT2D eigenvalue weighted by Gasteiger charge is 2.35. The molecule has 0 aliphatic heterocycles. The first-order valence-corrected chi connectivity index (χ1v) is 12.2. The van der Waals surface area contributed by atoms with Crippen molar-refractivity contribution in [3.05, 3.63) is 59.7 Å². The van der Waals surface area contributed by atoms with Gasteiger partial charge < -0.3 is 15.2 Å². The molecule has 1 fully saturated rings. The molecule has 0 saturated heterocycles. The first-order valence-electron chi connectivity index (χ1n) is 12.2. The molecule has 0 spiro atoms. The Kier molecular flexibility index (Phi) is 7.70. The average molecular weight is 481 g/mol. The van der Waals surface area contributed by atoms with E-state index in [0.717, 1.165) is 43.2 Å². The van der Waals surface area contributed by atoms with Gasteiger partial charge in [0.25, 0.3) is 0 Å². The minimum atomic E-state index is -1.16. The standard InChI is InChI=1S/C27H32N2O6/c1-18(25(31)32)35-29-24(30)13-16-27(14-7-2-8-15-27)28-26(33)34-17-23-21-11-5-3-9-19(21)20-10-4-6-12-22(20)23/h3-6,9-12,18,23H,2,7-8,13-17H2,1H3,(H,28,33)(H,29,30)(H,31,32). The summed E-state index contributed by atoms with van der Waals surface area (Å²) in [4.78, 5) is 40.8. The van der Waals surface area contributed by atoms with Crippen molar-refractivity contribution in [3.63, 3.8) is 0 Å². The maximum Gasteiger partial charge on any atom is 0.407 e. The lowest BCUT2D eigenvalue weighted by Gasteiger charge is -2.37. The van der Waals surface area contributed by atoms with Gasteiger partial charge in [-0.05, 0) is 48.4 Å². The van der Waals surface area contributed by atoms with Gasteiger partial charge in [0.1, 0.15) is 6.61 Å². The van der Waals surface area contributed by atoms with E-state index >= 15 is 0 Å². The smallest absolute Gasteiger partial charge is 0.407 e. The summed E-state index contributed by atoms with van der Waals surface area (Å²) in [5.41, 5.74) is 6.31. The molecule has 3 N–H and O–H groups in total. The number of carboxylic acids is 1. The van der Waals surface area contributed by atoms with E-state index in [0.29, 0.717) is 6.42 Å². The topological polar surface area (TPSA) is 114 Å². The lowest BCUT2D eigenvalue weighted by atomic mass is 9.78. The molecule has 4 rings (SSSR count). The molecule has 1 saturated carbocycles. The Morgan fingerprint density at radius 3 is 2.20 bits per heavy atom. The molecule has 8 nitrogen and oxygen atoms in total. The molecule has 2 amide bonds. The number of benzene rings is 2. The third-order valence-electron chi connectivity index (χ3n) is 7.05. The van der Waals surface area contributed by atoms with E-state index in [1.165, 1.54) is 18.1 Å². The third-order valence-corrected chi connectivity index (χ3v) is 7.05. The number of alkyl carbamates (subject to hydrolysis) is 1. The molecular weight excluding hydrogens is 448 g/mol. The van der Waals surface area contributed by atoms with Crippen LogP contribution in [0.4, 0.5) is 4.79 Å². The zero-order valence-electron chi connectivity index (χ0n) is 19.9. The van der Waals surface area contributed by atoms with E-state index < -0.39 is 29.6 Å². The maximum atomic E-state index is 12.9. The second-order valence-electron chi connectivity index (χ2n) is 9.42. The van der Waals surface area contributed by atoms with Crippen LogP contribution in [-0.4, -0.2) is 41.3 Å². The number of amides is 2. The summed E-state index contributed by atoms with van der Waals surface area (Å²) in [6, 6.07) is 16.4. The number of carboxylic acid groups (broad SMARTS) is 1. The Morgan fingerprint density at radius 1 is 1.00 bits per heavy atom.